The lowest BCUT2D eigenvalue weighted by Crippen LogP contribution is -2.59. The average molecular weight is 422 g/mol. The average Bonchev–Trinajstić information content (AvgIpc) is 2.76. The molecule has 2 aliphatic carbocycles. The van der Waals surface area contributed by atoms with Crippen LogP contribution in [-0.2, 0) is 28.0 Å². The molecular weight excluding hydrogens is 386 g/mol. The molecule has 166 valence electrons. The van der Waals surface area contributed by atoms with Crippen molar-refractivity contribution in [2.75, 3.05) is 20.6 Å². The Kier molecular flexibility index (Phi) is 6.38. The topological polar surface area (TPSA) is 38.8 Å². The third-order valence-electron chi connectivity index (χ3n) is 7.27. The lowest BCUT2D eigenvalue weighted by atomic mass is 9.53. The van der Waals surface area contributed by atoms with E-state index in [0.29, 0.717) is 6.61 Å². The molecule has 1 saturated carbocycles. The van der Waals surface area contributed by atoms with Gasteiger partial charge in [0, 0.05) is 12.3 Å². The molecule has 4 rings (SSSR count). The Morgan fingerprint density at radius 3 is 2.55 bits per heavy atom. The Bertz CT molecular complexity index is 910. The Balaban J connectivity index is 1.72. The maximum Gasteiger partial charge on any atom is 0.303 e. The normalized spacial score (nSPS) is 24.9. The van der Waals surface area contributed by atoms with Gasteiger partial charge in [0.05, 0.1) is 0 Å². The highest BCUT2D eigenvalue weighted by Gasteiger charge is 2.58. The number of carbonyl (C=O) groups is 1. The van der Waals surface area contributed by atoms with Crippen LogP contribution in [0.15, 0.2) is 48.5 Å². The van der Waals surface area contributed by atoms with Crippen molar-refractivity contribution in [3.8, 4) is 5.75 Å². The first-order valence-electron chi connectivity index (χ1n) is 11.6. The SMILES string of the molecule is CC(=O)O[C@@]12CCCC[C@]1(CCN(C)C)c1cc(OCc3ccccc3)ccc1CC2. The second kappa shape index (κ2) is 9.04. The van der Waals surface area contributed by atoms with Crippen molar-refractivity contribution in [1.82, 2.24) is 4.90 Å². The molecule has 31 heavy (non-hydrogen) atoms. The summed E-state index contributed by atoms with van der Waals surface area (Å²) in [5.74, 6) is 0.743. The molecule has 2 aromatic carbocycles. The minimum Gasteiger partial charge on any atom is -0.489 e. The van der Waals surface area contributed by atoms with E-state index in [-0.39, 0.29) is 11.4 Å². The number of fused-ring (bicyclic) bond motifs is 3. The summed E-state index contributed by atoms with van der Waals surface area (Å²) < 4.78 is 12.5. The first-order valence-corrected chi connectivity index (χ1v) is 11.6. The van der Waals surface area contributed by atoms with Crippen LogP contribution in [0.5, 0.6) is 5.75 Å². The summed E-state index contributed by atoms with van der Waals surface area (Å²) in [6, 6.07) is 16.9. The highest BCUT2D eigenvalue weighted by atomic mass is 16.6. The van der Waals surface area contributed by atoms with E-state index in [4.69, 9.17) is 9.47 Å². The van der Waals surface area contributed by atoms with Crippen molar-refractivity contribution < 1.29 is 14.3 Å². The number of aryl methyl sites for hydroxylation is 1. The van der Waals surface area contributed by atoms with Crippen LogP contribution in [0, 0.1) is 0 Å². The standard InChI is InChI=1S/C27H35NO3/c1-21(29)31-27-15-8-7-14-26(27,17-18-28(2)3)25-19-24(12-11-23(25)13-16-27)30-20-22-9-5-4-6-10-22/h4-6,9-12,19H,7-8,13-18,20H2,1-3H3/t26-,27+/m0/s1. The summed E-state index contributed by atoms with van der Waals surface area (Å²) in [6.07, 6.45) is 7.16. The summed E-state index contributed by atoms with van der Waals surface area (Å²) in [6.45, 7) is 3.09. The molecule has 4 heteroatoms. The number of rotatable bonds is 7. The summed E-state index contributed by atoms with van der Waals surface area (Å²) in [4.78, 5) is 14.5. The number of esters is 1. The molecule has 0 heterocycles. The number of benzene rings is 2. The van der Waals surface area contributed by atoms with Gasteiger partial charge in [0.1, 0.15) is 18.0 Å². The Morgan fingerprint density at radius 2 is 1.81 bits per heavy atom. The van der Waals surface area contributed by atoms with Gasteiger partial charge in [0.15, 0.2) is 0 Å². The monoisotopic (exact) mass is 421 g/mol. The molecule has 1 fully saturated rings. The van der Waals surface area contributed by atoms with Crippen LogP contribution < -0.4 is 4.74 Å². The number of ether oxygens (including phenoxy) is 2. The van der Waals surface area contributed by atoms with E-state index < -0.39 is 5.60 Å². The molecule has 0 spiro atoms. The highest BCUT2D eigenvalue weighted by Crippen LogP contribution is 2.57. The van der Waals surface area contributed by atoms with Crippen LogP contribution in [0.2, 0.25) is 0 Å². The van der Waals surface area contributed by atoms with E-state index in [1.165, 1.54) is 17.5 Å². The van der Waals surface area contributed by atoms with Gasteiger partial charge < -0.3 is 14.4 Å². The highest BCUT2D eigenvalue weighted by molar-refractivity contribution is 5.67. The van der Waals surface area contributed by atoms with Gasteiger partial charge in [-0.3, -0.25) is 4.79 Å². The lowest BCUT2D eigenvalue weighted by molar-refractivity contribution is -0.177. The van der Waals surface area contributed by atoms with Crippen molar-refractivity contribution in [3.63, 3.8) is 0 Å². The van der Waals surface area contributed by atoms with Crippen LogP contribution >= 0.6 is 0 Å². The van der Waals surface area contributed by atoms with Crippen molar-refractivity contribution >= 4 is 5.97 Å². The molecule has 0 unspecified atom stereocenters. The van der Waals surface area contributed by atoms with Gasteiger partial charge in [-0.2, -0.15) is 0 Å². The molecule has 0 bridgehead atoms. The quantitative estimate of drug-likeness (QED) is 0.571. The van der Waals surface area contributed by atoms with E-state index >= 15 is 0 Å². The zero-order valence-corrected chi connectivity index (χ0v) is 19.2. The molecule has 0 aliphatic heterocycles. The second-order valence-corrected chi connectivity index (χ2v) is 9.52. The van der Waals surface area contributed by atoms with Gasteiger partial charge in [-0.05, 0) is 88.0 Å². The van der Waals surface area contributed by atoms with Crippen molar-refractivity contribution in [2.45, 2.75) is 69.5 Å². The molecule has 0 aromatic heterocycles. The molecule has 2 aliphatic rings. The third-order valence-corrected chi connectivity index (χ3v) is 7.27. The Morgan fingerprint density at radius 1 is 1.03 bits per heavy atom. The number of hydrogen-bond donors (Lipinski definition) is 0. The summed E-state index contributed by atoms with van der Waals surface area (Å²) in [5.41, 5.74) is 3.33. The molecule has 2 aromatic rings. The minimum atomic E-state index is -0.405. The van der Waals surface area contributed by atoms with Crippen LogP contribution in [0.25, 0.3) is 0 Å². The first-order chi connectivity index (χ1) is 14.9. The minimum absolute atomic E-state index is 0.152. The Hall–Kier alpha value is -2.33. The maximum absolute atomic E-state index is 12.2. The zero-order valence-electron chi connectivity index (χ0n) is 19.2. The molecule has 0 saturated heterocycles. The molecule has 4 nitrogen and oxygen atoms in total. The first kappa shape index (κ1) is 21.9. The fraction of sp³-hybridized carbons (Fsp3) is 0.519. The van der Waals surface area contributed by atoms with Crippen LogP contribution in [0.1, 0.15) is 62.1 Å². The van der Waals surface area contributed by atoms with E-state index in [2.05, 4.69) is 49.3 Å². The number of hydrogen-bond acceptors (Lipinski definition) is 4. The second-order valence-electron chi connectivity index (χ2n) is 9.52. The zero-order chi connectivity index (χ0) is 21.9. The van der Waals surface area contributed by atoms with E-state index in [1.807, 2.05) is 18.2 Å². The van der Waals surface area contributed by atoms with E-state index in [1.54, 1.807) is 6.92 Å². The smallest absolute Gasteiger partial charge is 0.303 e. The summed E-state index contributed by atoms with van der Waals surface area (Å²) >= 11 is 0. The maximum atomic E-state index is 12.2. The van der Waals surface area contributed by atoms with Crippen molar-refractivity contribution in [3.05, 3.63) is 65.2 Å². The van der Waals surface area contributed by atoms with Gasteiger partial charge in [0.25, 0.3) is 0 Å². The molecule has 0 N–H and O–H groups in total. The Labute approximate surface area is 186 Å². The van der Waals surface area contributed by atoms with E-state index in [9.17, 15) is 4.79 Å². The van der Waals surface area contributed by atoms with Gasteiger partial charge in [0.2, 0.25) is 0 Å². The van der Waals surface area contributed by atoms with Crippen LogP contribution in [0.3, 0.4) is 0 Å². The number of nitrogens with zero attached hydrogens (tertiary/aromatic N) is 1. The van der Waals surface area contributed by atoms with Crippen molar-refractivity contribution in [2.24, 2.45) is 0 Å². The van der Waals surface area contributed by atoms with Crippen LogP contribution in [0.4, 0.5) is 0 Å². The van der Waals surface area contributed by atoms with Crippen molar-refractivity contribution in [1.29, 1.82) is 0 Å². The van der Waals surface area contributed by atoms with E-state index in [0.717, 1.165) is 56.4 Å². The molecule has 0 amide bonds. The number of carbonyl (C=O) groups excluding carboxylic acids is 1. The predicted octanol–water partition coefficient (Wildman–Crippen LogP) is 5.28. The summed E-state index contributed by atoms with van der Waals surface area (Å²) in [5, 5.41) is 0. The fourth-order valence-corrected chi connectivity index (χ4v) is 5.81. The lowest BCUT2D eigenvalue weighted by Gasteiger charge is -2.56. The largest absolute Gasteiger partial charge is 0.489 e. The van der Waals surface area contributed by atoms with Gasteiger partial charge in [-0.1, -0.05) is 42.8 Å². The van der Waals surface area contributed by atoms with Gasteiger partial charge in [-0.15, -0.1) is 0 Å². The third kappa shape index (κ3) is 4.36. The van der Waals surface area contributed by atoms with Crippen LogP contribution in [-0.4, -0.2) is 37.1 Å². The summed E-state index contributed by atoms with van der Waals surface area (Å²) in [7, 11) is 4.24. The molecule has 2 atom stereocenters. The fourth-order valence-electron chi connectivity index (χ4n) is 5.81. The predicted molar refractivity (Wildman–Crippen MR) is 123 cm³/mol. The van der Waals surface area contributed by atoms with Gasteiger partial charge in [-0.25, -0.2) is 0 Å². The molecule has 0 radical (unpaired) electrons. The van der Waals surface area contributed by atoms with Gasteiger partial charge >= 0.3 is 5.97 Å². The molecular formula is C27H35NO3.